The van der Waals surface area contributed by atoms with E-state index in [4.69, 9.17) is 0 Å². The molecule has 4 heteroatoms. The Hall–Kier alpha value is 0.110. The molecule has 1 fully saturated rings. The van der Waals surface area contributed by atoms with Crippen LogP contribution in [0.5, 0.6) is 0 Å². The summed E-state index contributed by atoms with van der Waals surface area (Å²) in [5.41, 5.74) is 0. The van der Waals surface area contributed by atoms with Gasteiger partial charge in [0.25, 0.3) is 5.92 Å². The smallest absolute Gasteiger partial charge is 0.265 e. The summed E-state index contributed by atoms with van der Waals surface area (Å²) >= 11 is 0. The lowest BCUT2D eigenvalue weighted by molar-refractivity contribution is -0.0729. The Labute approximate surface area is 78.3 Å². The normalized spacial score (nSPS) is 24.2. The molecule has 1 aliphatic rings. The minimum Gasteiger partial charge on any atom is -0.309 e. The molecule has 1 heterocycles. The Bertz CT molecular complexity index is 133. The van der Waals surface area contributed by atoms with Gasteiger partial charge in [0.1, 0.15) is 0 Å². The molecule has 0 spiro atoms. The van der Waals surface area contributed by atoms with Crippen LogP contribution in [0.1, 0.15) is 26.7 Å². The average Bonchev–Trinajstić information content (AvgIpc) is 2.37. The molecular formula is C8H16ClF2N. The third-order valence-electron chi connectivity index (χ3n) is 2.29. The molecule has 0 aliphatic carbocycles. The van der Waals surface area contributed by atoms with Gasteiger partial charge >= 0.3 is 0 Å². The van der Waals surface area contributed by atoms with Crippen LogP contribution in [0, 0.1) is 5.92 Å². The minimum atomic E-state index is -2.53. The van der Waals surface area contributed by atoms with Gasteiger partial charge < -0.3 is 5.32 Å². The molecule has 1 N–H and O–H groups in total. The van der Waals surface area contributed by atoms with Crippen molar-refractivity contribution in [3.8, 4) is 0 Å². The van der Waals surface area contributed by atoms with Crippen LogP contribution in [0.3, 0.4) is 0 Å². The first-order chi connectivity index (χ1) is 5.05. The monoisotopic (exact) mass is 199 g/mol. The Balaban J connectivity index is 0.00000121. The van der Waals surface area contributed by atoms with Crippen LogP contribution < -0.4 is 5.32 Å². The number of halogens is 3. The summed E-state index contributed by atoms with van der Waals surface area (Å²) < 4.78 is 26.4. The molecule has 74 valence electrons. The van der Waals surface area contributed by atoms with E-state index in [1.807, 2.05) is 0 Å². The van der Waals surface area contributed by atoms with Crippen molar-refractivity contribution in [1.82, 2.24) is 5.32 Å². The van der Waals surface area contributed by atoms with E-state index >= 15 is 0 Å². The second kappa shape index (κ2) is 4.38. The molecule has 0 saturated carbocycles. The lowest BCUT2D eigenvalue weighted by Gasteiger charge is -2.26. The van der Waals surface area contributed by atoms with Gasteiger partial charge in [0, 0.05) is 5.92 Å². The summed E-state index contributed by atoms with van der Waals surface area (Å²) in [7, 11) is 0. The van der Waals surface area contributed by atoms with E-state index in [9.17, 15) is 8.78 Å². The first kappa shape index (κ1) is 12.1. The van der Waals surface area contributed by atoms with Crippen molar-refractivity contribution in [3.05, 3.63) is 0 Å². The van der Waals surface area contributed by atoms with Gasteiger partial charge in [-0.15, -0.1) is 12.4 Å². The quantitative estimate of drug-likeness (QED) is 0.721. The zero-order valence-corrected chi connectivity index (χ0v) is 8.26. The third-order valence-corrected chi connectivity index (χ3v) is 2.29. The van der Waals surface area contributed by atoms with E-state index in [0.717, 1.165) is 13.0 Å². The van der Waals surface area contributed by atoms with Crippen molar-refractivity contribution in [1.29, 1.82) is 0 Å². The van der Waals surface area contributed by atoms with E-state index in [1.165, 1.54) is 0 Å². The fraction of sp³-hybridized carbons (Fsp3) is 1.00. The maximum absolute atomic E-state index is 13.2. The second-order valence-electron chi connectivity index (χ2n) is 3.48. The molecule has 0 amide bonds. The zero-order chi connectivity index (χ0) is 8.48. The fourth-order valence-corrected chi connectivity index (χ4v) is 1.42. The molecule has 1 atom stereocenters. The van der Waals surface area contributed by atoms with E-state index in [0.29, 0.717) is 6.42 Å². The molecule has 1 saturated heterocycles. The number of hydrogen-bond donors (Lipinski definition) is 1. The van der Waals surface area contributed by atoms with Crippen molar-refractivity contribution in [2.24, 2.45) is 5.92 Å². The molecule has 1 nitrogen and oxygen atoms in total. The number of nitrogens with one attached hydrogen (secondary N) is 1. The topological polar surface area (TPSA) is 12.0 Å². The van der Waals surface area contributed by atoms with Gasteiger partial charge in [0.15, 0.2) is 0 Å². The highest BCUT2D eigenvalue weighted by Gasteiger charge is 2.43. The predicted molar refractivity (Wildman–Crippen MR) is 48.1 cm³/mol. The van der Waals surface area contributed by atoms with Gasteiger partial charge in [-0.05, 0) is 19.4 Å². The zero-order valence-electron chi connectivity index (χ0n) is 7.44. The fourth-order valence-electron chi connectivity index (χ4n) is 1.42. The van der Waals surface area contributed by atoms with Gasteiger partial charge in [0.2, 0.25) is 0 Å². The molecular weight excluding hydrogens is 184 g/mol. The summed E-state index contributed by atoms with van der Waals surface area (Å²) in [5.74, 6) is -3.09. The van der Waals surface area contributed by atoms with Crippen LogP contribution in [0.25, 0.3) is 0 Å². The molecule has 0 bridgehead atoms. The van der Waals surface area contributed by atoms with E-state index in [-0.39, 0.29) is 12.4 Å². The molecule has 0 aromatic rings. The van der Waals surface area contributed by atoms with Crippen LogP contribution in [-0.2, 0) is 0 Å². The van der Waals surface area contributed by atoms with E-state index in [2.05, 4.69) is 5.32 Å². The highest BCUT2D eigenvalue weighted by atomic mass is 35.5. The van der Waals surface area contributed by atoms with Crippen molar-refractivity contribution >= 4 is 12.4 Å². The van der Waals surface area contributed by atoms with Gasteiger partial charge in [-0.2, -0.15) is 0 Å². The maximum atomic E-state index is 13.2. The van der Waals surface area contributed by atoms with Crippen molar-refractivity contribution in [2.45, 2.75) is 38.7 Å². The Morgan fingerprint density at radius 2 is 2.00 bits per heavy atom. The number of rotatable bonds is 2. The summed E-state index contributed by atoms with van der Waals surface area (Å²) in [4.78, 5) is 0. The summed E-state index contributed by atoms with van der Waals surface area (Å²) in [6, 6.07) is -0.581. The Morgan fingerprint density at radius 1 is 1.42 bits per heavy atom. The molecule has 0 radical (unpaired) electrons. The molecule has 12 heavy (non-hydrogen) atoms. The largest absolute Gasteiger partial charge is 0.309 e. The van der Waals surface area contributed by atoms with Crippen LogP contribution in [0.15, 0.2) is 0 Å². The standard InChI is InChI=1S/C8H15F2N.ClH/c1-6(2)8(9,10)7-4-3-5-11-7;/h6-7,11H,3-5H2,1-2H3;1H. The molecule has 0 aromatic heterocycles. The van der Waals surface area contributed by atoms with E-state index < -0.39 is 17.9 Å². The molecule has 0 aromatic carbocycles. The van der Waals surface area contributed by atoms with Crippen LogP contribution in [0.2, 0.25) is 0 Å². The van der Waals surface area contributed by atoms with Crippen molar-refractivity contribution in [2.75, 3.05) is 6.54 Å². The molecule has 1 unspecified atom stereocenters. The number of hydrogen-bond acceptors (Lipinski definition) is 1. The molecule has 1 aliphatic heterocycles. The van der Waals surface area contributed by atoms with Gasteiger partial charge in [0.05, 0.1) is 6.04 Å². The van der Waals surface area contributed by atoms with Gasteiger partial charge in [-0.1, -0.05) is 13.8 Å². The Kier molecular flexibility index (Phi) is 4.42. The lowest BCUT2D eigenvalue weighted by atomic mass is 9.97. The van der Waals surface area contributed by atoms with Crippen LogP contribution >= 0.6 is 12.4 Å². The maximum Gasteiger partial charge on any atom is 0.265 e. The predicted octanol–water partition coefficient (Wildman–Crippen LogP) is 2.45. The van der Waals surface area contributed by atoms with E-state index in [1.54, 1.807) is 13.8 Å². The second-order valence-corrected chi connectivity index (χ2v) is 3.48. The third kappa shape index (κ3) is 2.30. The lowest BCUT2D eigenvalue weighted by Crippen LogP contribution is -2.44. The van der Waals surface area contributed by atoms with Crippen LogP contribution in [0.4, 0.5) is 8.78 Å². The average molecular weight is 200 g/mol. The first-order valence-electron chi connectivity index (χ1n) is 4.16. The van der Waals surface area contributed by atoms with Gasteiger partial charge in [-0.25, -0.2) is 8.78 Å². The summed E-state index contributed by atoms with van der Waals surface area (Å²) in [6.07, 6.45) is 1.50. The van der Waals surface area contributed by atoms with Gasteiger partial charge in [-0.3, -0.25) is 0 Å². The first-order valence-corrected chi connectivity index (χ1v) is 4.16. The van der Waals surface area contributed by atoms with Crippen molar-refractivity contribution < 1.29 is 8.78 Å². The highest BCUT2D eigenvalue weighted by Crippen LogP contribution is 2.31. The highest BCUT2D eigenvalue weighted by molar-refractivity contribution is 5.85. The minimum absolute atomic E-state index is 0. The van der Waals surface area contributed by atoms with Crippen molar-refractivity contribution in [3.63, 3.8) is 0 Å². The molecule has 1 rings (SSSR count). The summed E-state index contributed by atoms with van der Waals surface area (Å²) in [5, 5.41) is 2.83. The SMILES string of the molecule is CC(C)C(F)(F)C1CCCN1.Cl. The summed E-state index contributed by atoms with van der Waals surface area (Å²) in [6.45, 7) is 3.88. The van der Waals surface area contributed by atoms with Crippen LogP contribution in [-0.4, -0.2) is 18.5 Å². The Morgan fingerprint density at radius 3 is 2.33 bits per heavy atom. The number of alkyl halides is 2.